The summed E-state index contributed by atoms with van der Waals surface area (Å²) in [6.45, 7) is 14.5. The van der Waals surface area contributed by atoms with E-state index in [1.165, 1.54) is 69.1 Å². The summed E-state index contributed by atoms with van der Waals surface area (Å²) in [5.41, 5.74) is 0. The molecule has 2 fully saturated rings. The van der Waals surface area contributed by atoms with Crippen LogP contribution in [-0.2, 0) is 4.74 Å². The Morgan fingerprint density at radius 1 is 1.14 bits per heavy atom. The quantitative estimate of drug-likeness (QED) is 0.611. The van der Waals surface area contributed by atoms with Crippen molar-refractivity contribution in [2.75, 3.05) is 26.4 Å². The van der Waals surface area contributed by atoms with Gasteiger partial charge in [0.15, 0.2) is 6.73 Å². The zero-order chi connectivity index (χ0) is 15.3. The van der Waals surface area contributed by atoms with E-state index in [0.29, 0.717) is 6.10 Å². The van der Waals surface area contributed by atoms with Crippen molar-refractivity contribution in [2.45, 2.75) is 78.7 Å². The van der Waals surface area contributed by atoms with E-state index < -0.39 is 0 Å². The maximum Gasteiger partial charge on any atom is 0.183 e. The molecule has 124 valence electrons. The van der Waals surface area contributed by atoms with Crippen molar-refractivity contribution in [1.82, 2.24) is 0 Å². The highest BCUT2D eigenvalue weighted by molar-refractivity contribution is 4.81. The van der Waals surface area contributed by atoms with Crippen LogP contribution in [0.3, 0.4) is 0 Å². The molecular formula is C19H38NO+. The fraction of sp³-hybridized carbons (Fsp3) is 1.00. The van der Waals surface area contributed by atoms with Crippen LogP contribution < -0.4 is 0 Å². The van der Waals surface area contributed by atoms with Crippen molar-refractivity contribution in [1.29, 1.82) is 0 Å². The van der Waals surface area contributed by atoms with Gasteiger partial charge in [0.2, 0.25) is 0 Å². The van der Waals surface area contributed by atoms with Gasteiger partial charge in [-0.25, -0.2) is 0 Å². The van der Waals surface area contributed by atoms with Crippen LogP contribution >= 0.6 is 0 Å². The molecular weight excluding hydrogens is 258 g/mol. The van der Waals surface area contributed by atoms with E-state index in [0.717, 1.165) is 24.5 Å². The molecule has 0 N–H and O–H groups in total. The molecule has 0 spiro atoms. The number of unbranched alkanes of at least 4 members (excludes halogenated alkanes) is 1. The Labute approximate surface area is 132 Å². The molecule has 1 saturated carbocycles. The average Bonchev–Trinajstić information content (AvgIpc) is 2.92. The van der Waals surface area contributed by atoms with Crippen LogP contribution in [0.2, 0.25) is 0 Å². The monoisotopic (exact) mass is 296 g/mol. The second-order valence-electron chi connectivity index (χ2n) is 8.23. The lowest BCUT2D eigenvalue weighted by molar-refractivity contribution is -0.936. The first-order valence-corrected chi connectivity index (χ1v) is 9.53. The number of hydrogen-bond acceptors (Lipinski definition) is 1. The fourth-order valence-electron chi connectivity index (χ4n) is 4.48. The Bertz CT molecular complexity index is 296. The molecule has 0 amide bonds. The highest BCUT2D eigenvalue weighted by atomic mass is 16.5. The van der Waals surface area contributed by atoms with Gasteiger partial charge in [-0.05, 0) is 37.0 Å². The predicted molar refractivity (Wildman–Crippen MR) is 90.1 cm³/mol. The van der Waals surface area contributed by atoms with Crippen LogP contribution in [0.4, 0.5) is 0 Å². The molecule has 0 bridgehead atoms. The summed E-state index contributed by atoms with van der Waals surface area (Å²) < 4.78 is 7.84. The van der Waals surface area contributed by atoms with E-state index in [1.807, 2.05) is 0 Å². The van der Waals surface area contributed by atoms with Crippen molar-refractivity contribution < 1.29 is 9.22 Å². The van der Waals surface area contributed by atoms with E-state index in [-0.39, 0.29) is 0 Å². The lowest BCUT2D eigenvalue weighted by Crippen LogP contribution is -2.49. The molecule has 21 heavy (non-hydrogen) atoms. The highest BCUT2D eigenvalue weighted by Gasteiger charge is 2.36. The third kappa shape index (κ3) is 4.69. The summed E-state index contributed by atoms with van der Waals surface area (Å²) in [5.74, 6) is 2.41. The predicted octanol–water partition coefficient (Wildman–Crippen LogP) is 4.83. The summed E-state index contributed by atoms with van der Waals surface area (Å²) in [6.07, 6.45) is 10.1. The molecule has 1 saturated heterocycles. The maximum atomic E-state index is 6.58. The average molecular weight is 297 g/mol. The van der Waals surface area contributed by atoms with E-state index in [4.69, 9.17) is 4.74 Å². The summed E-state index contributed by atoms with van der Waals surface area (Å²) in [4.78, 5) is 0. The van der Waals surface area contributed by atoms with Crippen molar-refractivity contribution in [2.24, 2.45) is 17.8 Å². The molecule has 2 nitrogen and oxygen atoms in total. The van der Waals surface area contributed by atoms with Crippen molar-refractivity contribution in [3.63, 3.8) is 0 Å². The second kappa shape index (κ2) is 7.97. The standard InChI is InChI=1S/C19H38NO/c1-5-6-11-20(12-7-8-13-20)15-21-19-14-17(4)9-10-18(19)16(2)3/h16-19H,5-15H2,1-4H3/q+1/t17-,18+,19-/m1/s1. The van der Waals surface area contributed by atoms with Crippen molar-refractivity contribution >= 4 is 0 Å². The maximum absolute atomic E-state index is 6.58. The van der Waals surface area contributed by atoms with E-state index >= 15 is 0 Å². The lowest BCUT2D eigenvalue weighted by Gasteiger charge is -2.40. The van der Waals surface area contributed by atoms with Crippen LogP contribution in [-0.4, -0.2) is 37.0 Å². The smallest absolute Gasteiger partial charge is 0.183 e. The van der Waals surface area contributed by atoms with Gasteiger partial charge >= 0.3 is 0 Å². The first-order chi connectivity index (χ1) is 10.1. The fourth-order valence-corrected chi connectivity index (χ4v) is 4.48. The van der Waals surface area contributed by atoms with Crippen LogP contribution in [0.15, 0.2) is 0 Å². The third-order valence-electron chi connectivity index (χ3n) is 6.02. The largest absolute Gasteiger partial charge is 0.328 e. The molecule has 2 rings (SSSR count). The molecule has 0 radical (unpaired) electrons. The second-order valence-corrected chi connectivity index (χ2v) is 8.23. The van der Waals surface area contributed by atoms with Crippen LogP contribution in [0.1, 0.15) is 72.6 Å². The molecule has 2 aliphatic rings. The van der Waals surface area contributed by atoms with Gasteiger partial charge < -0.3 is 9.22 Å². The number of hydrogen-bond donors (Lipinski definition) is 0. The van der Waals surface area contributed by atoms with Crippen LogP contribution in [0.5, 0.6) is 0 Å². The SMILES string of the molecule is CCCC[N+]1(CO[C@@H]2C[C@H](C)CC[C@H]2C(C)C)CCCC1. The normalized spacial score (nSPS) is 32.7. The summed E-state index contributed by atoms with van der Waals surface area (Å²) in [7, 11) is 0. The van der Waals surface area contributed by atoms with Crippen LogP contribution in [0, 0.1) is 17.8 Å². The minimum absolute atomic E-state index is 0.519. The molecule has 1 heterocycles. The van der Waals surface area contributed by atoms with Gasteiger partial charge in [-0.15, -0.1) is 0 Å². The number of rotatable bonds is 7. The molecule has 2 heteroatoms. The van der Waals surface area contributed by atoms with Gasteiger partial charge in [-0.3, -0.25) is 0 Å². The van der Waals surface area contributed by atoms with Gasteiger partial charge in [-0.1, -0.05) is 40.5 Å². The van der Waals surface area contributed by atoms with E-state index in [2.05, 4.69) is 27.7 Å². The van der Waals surface area contributed by atoms with Gasteiger partial charge in [-0.2, -0.15) is 0 Å². The zero-order valence-electron chi connectivity index (χ0n) is 14.9. The Kier molecular flexibility index (Phi) is 6.55. The first kappa shape index (κ1) is 17.3. The summed E-state index contributed by atoms with van der Waals surface area (Å²) in [5, 5.41) is 0. The number of ether oxygens (including phenoxy) is 1. The van der Waals surface area contributed by atoms with E-state index in [9.17, 15) is 0 Å². The summed E-state index contributed by atoms with van der Waals surface area (Å²) in [6, 6.07) is 0. The molecule has 0 aromatic rings. The van der Waals surface area contributed by atoms with E-state index in [1.54, 1.807) is 0 Å². The highest BCUT2D eigenvalue weighted by Crippen LogP contribution is 2.36. The van der Waals surface area contributed by atoms with Crippen molar-refractivity contribution in [3.8, 4) is 0 Å². The zero-order valence-corrected chi connectivity index (χ0v) is 14.9. The minimum Gasteiger partial charge on any atom is -0.328 e. The number of quaternary nitrogens is 1. The Morgan fingerprint density at radius 3 is 2.48 bits per heavy atom. The van der Waals surface area contributed by atoms with Crippen LogP contribution in [0.25, 0.3) is 0 Å². The molecule has 0 aromatic carbocycles. The first-order valence-electron chi connectivity index (χ1n) is 9.53. The van der Waals surface area contributed by atoms with Gasteiger partial charge in [0.05, 0.1) is 25.7 Å². The van der Waals surface area contributed by atoms with Gasteiger partial charge in [0.25, 0.3) is 0 Å². The summed E-state index contributed by atoms with van der Waals surface area (Å²) >= 11 is 0. The number of nitrogens with zero attached hydrogens (tertiary/aromatic N) is 1. The van der Waals surface area contributed by atoms with Crippen molar-refractivity contribution in [3.05, 3.63) is 0 Å². The van der Waals surface area contributed by atoms with Gasteiger partial charge in [0, 0.05) is 12.8 Å². The molecule has 1 aliphatic carbocycles. The lowest BCUT2D eigenvalue weighted by atomic mass is 9.75. The number of likely N-dealkylation sites (tertiary alicyclic amines) is 1. The molecule has 1 aliphatic heterocycles. The molecule has 0 unspecified atom stereocenters. The Balaban J connectivity index is 1.91. The molecule has 0 aromatic heterocycles. The third-order valence-corrected chi connectivity index (χ3v) is 6.02. The Hall–Kier alpha value is -0.0800. The molecule has 3 atom stereocenters. The Morgan fingerprint density at radius 2 is 1.86 bits per heavy atom. The minimum atomic E-state index is 0.519. The van der Waals surface area contributed by atoms with Gasteiger partial charge in [0.1, 0.15) is 0 Å². The topological polar surface area (TPSA) is 9.23 Å².